The normalized spacial score (nSPS) is 25.4. The molecule has 1 aromatic rings. The van der Waals surface area contributed by atoms with Crippen molar-refractivity contribution in [1.82, 2.24) is 15.1 Å². The molecule has 1 fully saturated rings. The first-order valence-electron chi connectivity index (χ1n) is 8.43. The largest absolute Gasteiger partial charge is 0.319 e. The lowest BCUT2D eigenvalue weighted by Gasteiger charge is -2.24. The van der Waals surface area contributed by atoms with Gasteiger partial charge in [-0.2, -0.15) is 5.10 Å². The highest BCUT2D eigenvalue weighted by molar-refractivity contribution is 5.02. The van der Waals surface area contributed by atoms with E-state index in [0.717, 1.165) is 31.2 Å². The van der Waals surface area contributed by atoms with Crippen LogP contribution in [0.25, 0.3) is 0 Å². The second-order valence-electron chi connectivity index (χ2n) is 6.46. The molecule has 0 amide bonds. The third-order valence-electron chi connectivity index (χ3n) is 4.96. The zero-order valence-electron chi connectivity index (χ0n) is 13.4. The minimum absolute atomic E-state index is 0.519. The summed E-state index contributed by atoms with van der Waals surface area (Å²) >= 11 is 0. The van der Waals surface area contributed by atoms with E-state index >= 15 is 0 Å². The Balaban J connectivity index is 2.00. The molecule has 1 aliphatic carbocycles. The van der Waals surface area contributed by atoms with Gasteiger partial charge in [0, 0.05) is 12.2 Å². The molecular weight excluding hydrogens is 246 g/mol. The van der Waals surface area contributed by atoms with Crippen LogP contribution in [0.1, 0.15) is 64.1 Å². The zero-order chi connectivity index (χ0) is 14.4. The summed E-state index contributed by atoms with van der Waals surface area (Å²) in [5.74, 6) is 1.64. The lowest BCUT2D eigenvalue weighted by Crippen LogP contribution is -2.26. The van der Waals surface area contributed by atoms with Crippen molar-refractivity contribution < 1.29 is 0 Å². The summed E-state index contributed by atoms with van der Waals surface area (Å²) in [7, 11) is 2.08. The maximum Gasteiger partial charge on any atom is 0.0627 e. The summed E-state index contributed by atoms with van der Waals surface area (Å²) < 4.78 is 2.14. The number of aromatic nitrogens is 2. The SMILES string of the molecule is CCC(C)n1ccc(CC2CCCCCC2CNC)n1. The van der Waals surface area contributed by atoms with Crippen molar-refractivity contribution in [2.75, 3.05) is 13.6 Å². The van der Waals surface area contributed by atoms with E-state index in [9.17, 15) is 0 Å². The van der Waals surface area contributed by atoms with Crippen molar-refractivity contribution in [3.8, 4) is 0 Å². The number of nitrogens with zero attached hydrogens (tertiary/aromatic N) is 2. The second kappa shape index (κ2) is 7.82. The third kappa shape index (κ3) is 4.08. The highest BCUT2D eigenvalue weighted by Crippen LogP contribution is 2.31. The molecule has 3 heteroatoms. The van der Waals surface area contributed by atoms with Crippen LogP contribution in [0.2, 0.25) is 0 Å². The van der Waals surface area contributed by atoms with Gasteiger partial charge in [0.05, 0.1) is 5.69 Å². The Morgan fingerprint density at radius 3 is 2.75 bits per heavy atom. The first-order valence-corrected chi connectivity index (χ1v) is 8.43. The van der Waals surface area contributed by atoms with Crippen molar-refractivity contribution in [2.24, 2.45) is 11.8 Å². The predicted octanol–water partition coefficient (Wildman–Crippen LogP) is 3.81. The van der Waals surface area contributed by atoms with Crippen LogP contribution in [0.5, 0.6) is 0 Å². The molecule has 0 aliphatic heterocycles. The van der Waals surface area contributed by atoms with Crippen LogP contribution in [0.15, 0.2) is 12.3 Å². The average Bonchev–Trinajstić information content (AvgIpc) is 2.81. The molecular formula is C17H31N3. The van der Waals surface area contributed by atoms with Crippen LogP contribution in [-0.4, -0.2) is 23.4 Å². The first-order chi connectivity index (χ1) is 9.74. The summed E-state index contributed by atoms with van der Waals surface area (Å²) in [6.45, 7) is 5.63. The lowest BCUT2D eigenvalue weighted by atomic mass is 9.84. The fourth-order valence-electron chi connectivity index (χ4n) is 3.45. The van der Waals surface area contributed by atoms with Gasteiger partial charge in [-0.15, -0.1) is 0 Å². The first kappa shape index (κ1) is 15.6. The van der Waals surface area contributed by atoms with Gasteiger partial charge in [0.25, 0.3) is 0 Å². The molecule has 1 saturated carbocycles. The topological polar surface area (TPSA) is 29.9 Å². The second-order valence-corrected chi connectivity index (χ2v) is 6.46. The molecule has 3 unspecified atom stereocenters. The molecule has 0 bridgehead atoms. The van der Waals surface area contributed by atoms with Gasteiger partial charge < -0.3 is 5.32 Å². The van der Waals surface area contributed by atoms with Gasteiger partial charge in [0.2, 0.25) is 0 Å². The van der Waals surface area contributed by atoms with Gasteiger partial charge in [-0.1, -0.05) is 26.2 Å². The molecule has 1 aliphatic rings. The fourth-order valence-corrected chi connectivity index (χ4v) is 3.45. The number of rotatable bonds is 6. The minimum Gasteiger partial charge on any atom is -0.319 e. The Bertz CT molecular complexity index is 385. The molecule has 0 saturated heterocycles. The molecule has 3 atom stereocenters. The van der Waals surface area contributed by atoms with E-state index in [2.05, 4.69) is 43.2 Å². The fraction of sp³-hybridized carbons (Fsp3) is 0.824. The van der Waals surface area contributed by atoms with E-state index in [1.807, 2.05) is 0 Å². The monoisotopic (exact) mass is 277 g/mol. The Kier molecular flexibility index (Phi) is 6.08. The highest BCUT2D eigenvalue weighted by atomic mass is 15.3. The van der Waals surface area contributed by atoms with E-state index < -0.39 is 0 Å². The molecule has 1 N–H and O–H groups in total. The standard InChI is InChI=1S/C17H31N3/c1-4-14(2)20-11-10-17(19-20)12-15-8-6-5-7-9-16(15)13-18-3/h10-11,14-16,18H,4-9,12-13H2,1-3H3. The third-order valence-corrected chi connectivity index (χ3v) is 4.96. The van der Waals surface area contributed by atoms with Gasteiger partial charge in [0.15, 0.2) is 0 Å². The Morgan fingerprint density at radius 2 is 2.05 bits per heavy atom. The molecule has 3 nitrogen and oxygen atoms in total. The smallest absolute Gasteiger partial charge is 0.0627 e. The number of hydrogen-bond acceptors (Lipinski definition) is 2. The van der Waals surface area contributed by atoms with Gasteiger partial charge in [0.1, 0.15) is 0 Å². The van der Waals surface area contributed by atoms with Crippen molar-refractivity contribution in [2.45, 2.75) is 64.8 Å². The summed E-state index contributed by atoms with van der Waals surface area (Å²) in [6.07, 6.45) is 11.5. The van der Waals surface area contributed by atoms with Crippen LogP contribution in [0.3, 0.4) is 0 Å². The van der Waals surface area contributed by atoms with Crippen molar-refractivity contribution in [3.05, 3.63) is 18.0 Å². The summed E-state index contributed by atoms with van der Waals surface area (Å²) in [5.41, 5.74) is 1.29. The molecule has 20 heavy (non-hydrogen) atoms. The van der Waals surface area contributed by atoms with Crippen LogP contribution < -0.4 is 5.32 Å². The van der Waals surface area contributed by atoms with Gasteiger partial charge >= 0.3 is 0 Å². The molecule has 1 heterocycles. The Morgan fingerprint density at radius 1 is 1.30 bits per heavy atom. The van der Waals surface area contributed by atoms with E-state index in [1.54, 1.807) is 0 Å². The molecule has 0 aromatic carbocycles. The van der Waals surface area contributed by atoms with Crippen LogP contribution >= 0.6 is 0 Å². The van der Waals surface area contributed by atoms with E-state index in [-0.39, 0.29) is 0 Å². The van der Waals surface area contributed by atoms with E-state index in [4.69, 9.17) is 5.10 Å². The van der Waals surface area contributed by atoms with Gasteiger partial charge in [-0.3, -0.25) is 4.68 Å². The molecule has 0 spiro atoms. The van der Waals surface area contributed by atoms with Crippen molar-refractivity contribution in [1.29, 1.82) is 0 Å². The van der Waals surface area contributed by atoms with Crippen molar-refractivity contribution in [3.63, 3.8) is 0 Å². The quantitative estimate of drug-likeness (QED) is 0.801. The summed E-state index contributed by atoms with van der Waals surface area (Å²) in [6, 6.07) is 2.75. The van der Waals surface area contributed by atoms with E-state index in [1.165, 1.54) is 37.8 Å². The molecule has 1 aromatic heterocycles. The van der Waals surface area contributed by atoms with Crippen molar-refractivity contribution >= 4 is 0 Å². The van der Waals surface area contributed by atoms with E-state index in [0.29, 0.717) is 6.04 Å². The van der Waals surface area contributed by atoms with Gasteiger partial charge in [-0.25, -0.2) is 0 Å². The van der Waals surface area contributed by atoms with Crippen LogP contribution in [0.4, 0.5) is 0 Å². The zero-order valence-corrected chi connectivity index (χ0v) is 13.4. The Hall–Kier alpha value is -0.830. The maximum atomic E-state index is 4.80. The summed E-state index contributed by atoms with van der Waals surface area (Å²) in [4.78, 5) is 0. The Labute approximate surface area is 124 Å². The van der Waals surface area contributed by atoms with Gasteiger partial charge in [-0.05, 0) is 64.1 Å². The summed E-state index contributed by atoms with van der Waals surface area (Å²) in [5, 5.41) is 8.18. The maximum absolute atomic E-state index is 4.80. The molecule has 0 radical (unpaired) electrons. The van der Waals surface area contributed by atoms with Crippen LogP contribution in [-0.2, 0) is 6.42 Å². The average molecular weight is 277 g/mol. The lowest BCUT2D eigenvalue weighted by molar-refractivity contribution is 0.300. The number of hydrogen-bond donors (Lipinski definition) is 1. The highest BCUT2D eigenvalue weighted by Gasteiger charge is 2.24. The minimum atomic E-state index is 0.519. The molecule has 2 rings (SSSR count). The molecule has 114 valence electrons. The number of nitrogens with one attached hydrogen (secondary N) is 1. The van der Waals surface area contributed by atoms with Crippen LogP contribution in [0, 0.1) is 11.8 Å². The predicted molar refractivity (Wildman–Crippen MR) is 84.9 cm³/mol.